The maximum atomic E-state index is 6.34. The molecule has 0 radical (unpaired) electrons. The molecule has 2 aliphatic carbocycles. The van der Waals surface area contributed by atoms with Gasteiger partial charge in [-0.3, -0.25) is 0 Å². The van der Waals surface area contributed by atoms with Gasteiger partial charge in [-0.25, -0.2) is 0 Å². The van der Waals surface area contributed by atoms with Gasteiger partial charge in [0.15, 0.2) is 0 Å². The summed E-state index contributed by atoms with van der Waals surface area (Å²) in [7, 11) is -0.513. The highest BCUT2D eigenvalue weighted by Gasteiger charge is 2.16. The van der Waals surface area contributed by atoms with Crippen LogP contribution in [0.4, 0.5) is 0 Å². The van der Waals surface area contributed by atoms with E-state index in [-0.39, 0.29) is 0 Å². The van der Waals surface area contributed by atoms with Crippen molar-refractivity contribution in [2.75, 3.05) is 0 Å². The Kier molecular flexibility index (Phi) is 2.48. The normalized spacial score (nSPS) is 20.5. The minimum atomic E-state index is -0.513. The van der Waals surface area contributed by atoms with Crippen LogP contribution in [0.15, 0.2) is 47.1 Å². The SMILES string of the molecule is ClP(C1=CC=CC1)C1=CC=CC1. The summed E-state index contributed by atoms with van der Waals surface area (Å²) in [4.78, 5) is 0. The van der Waals surface area contributed by atoms with E-state index >= 15 is 0 Å². The van der Waals surface area contributed by atoms with Crippen molar-refractivity contribution in [3.05, 3.63) is 47.1 Å². The second-order valence-electron chi connectivity index (χ2n) is 2.86. The van der Waals surface area contributed by atoms with E-state index in [1.165, 1.54) is 10.6 Å². The molecule has 0 amide bonds. The molecule has 62 valence electrons. The molecule has 0 bridgehead atoms. The van der Waals surface area contributed by atoms with Gasteiger partial charge in [0.2, 0.25) is 0 Å². The van der Waals surface area contributed by atoms with Gasteiger partial charge in [0, 0.05) is 7.27 Å². The minimum absolute atomic E-state index is 0.513. The van der Waals surface area contributed by atoms with Gasteiger partial charge in [0.05, 0.1) is 0 Å². The molecule has 2 aliphatic rings. The van der Waals surface area contributed by atoms with Gasteiger partial charge < -0.3 is 0 Å². The van der Waals surface area contributed by atoms with Crippen LogP contribution in [0.1, 0.15) is 12.8 Å². The summed E-state index contributed by atoms with van der Waals surface area (Å²) in [5.41, 5.74) is 0. The smallest absolute Gasteiger partial charge is 0.0447 e. The van der Waals surface area contributed by atoms with Crippen LogP contribution in [-0.2, 0) is 0 Å². The summed E-state index contributed by atoms with van der Waals surface area (Å²) < 4.78 is 0. The summed E-state index contributed by atoms with van der Waals surface area (Å²) in [6.07, 6.45) is 14.9. The first-order chi connectivity index (χ1) is 5.88. The Morgan fingerprint density at radius 1 is 1.00 bits per heavy atom. The lowest BCUT2D eigenvalue weighted by Crippen LogP contribution is -1.75. The van der Waals surface area contributed by atoms with Gasteiger partial charge in [0.25, 0.3) is 0 Å². The van der Waals surface area contributed by atoms with Gasteiger partial charge in [-0.1, -0.05) is 47.7 Å². The number of rotatable bonds is 2. The van der Waals surface area contributed by atoms with E-state index < -0.39 is 7.27 Å². The van der Waals surface area contributed by atoms with Crippen LogP contribution in [0.2, 0.25) is 0 Å². The summed E-state index contributed by atoms with van der Waals surface area (Å²) >= 11 is 6.34. The second kappa shape index (κ2) is 3.60. The van der Waals surface area contributed by atoms with Gasteiger partial charge in [0.1, 0.15) is 0 Å². The van der Waals surface area contributed by atoms with Crippen molar-refractivity contribution in [2.24, 2.45) is 0 Å². The molecule has 0 unspecified atom stereocenters. The fraction of sp³-hybridized carbons (Fsp3) is 0.200. The fourth-order valence-electron chi connectivity index (χ4n) is 1.35. The zero-order valence-electron chi connectivity index (χ0n) is 6.70. The highest BCUT2D eigenvalue weighted by atomic mass is 35.7. The van der Waals surface area contributed by atoms with E-state index in [0.29, 0.717) is 0 Å². The Hall–Kier alpha value is -0.320. The lowest BCUT2D eigenvalue weighted by Gasteiger charge is -2.11. The maximum Gasteiger partial charge on any atom is 0.0447 e. The first-order valence-corrected chi connectivity index (χ1v) is 6.30. The third-order valence-corrected chi connectivity index (χ3v) is 4.98. The molecular formula is C10H10ClP. The Morgan fingerprint density at radius 3 is 1.83 bits per heavy atom. The van der Waals surface area contributed by atoms with Crippen LogP contribution in [0.25, 0.3) is 0 Å². The average Bonchev–Trinajstić information content (AvgIpc) is 2.77. The number of allylic oxidation sites excluding steroid dienone is 8. The molecule has 0 atom stereocenters. The molecule has 0 saturated heterocycles. The van der Waals surface area contributed by atoms with Crippen molar-refractivity contribution < 1.29 is 0 Å². The van der Waals surface area contributed by atoms with E-state index in [2.05, 4.69) is 36.5 Å². The maximum absolute atomic E-state index is 6.34. The van der Waals surface area contributed by atoms with E-state index in [4.69, 9.17) is 11.2 Å². The second-order valence-corrected chi connectivity index (χ2v) is 5.59. The van der Waals surface area contributed by atoms with Crippen molar-refractivity contribution in [1.82, 2.24) is 0 Å². The molecule has 2 heteroatoms. The van der Waals surface area contributed by atoms with Gasteiger partial charge in [-0.2, -0.15) is 0 Å². The Balaban J connectivity index is 2.05. The fourth-order valence-corrected chi connectivity index (χ4v) is 3.43. The molecule has 0 nitrogen and oxygen atoms in total. The lowest BCUT2D eigenvalue weighted by molar-refractivity contribution is 1.37. The summed E-state index contributed by atoms with van der Waals surface area (Å²) in [6, 6.07) is 0. The summed E-state index contributed by atoms with van der Waals surface area (Å²) in [6.45, 7) is 0. The molecule has 0 heterocycles. The largest absolute Gasteiger partial charge is 0.0865 e. The molecule has 0 aromatic rings. The van der Waals surface area contributed by atoms with Gasteiger partial charge >= 0.3 is 0 Å². The number of hydrogen-bond donors (Lipinski definition) is 0. The van der Waals surface area contributed by atoms with Crippen molar-refractivity contribution in [2.45, 2.75) is 12.8 Å². The van der Waals surface area contributed by atoms with E-state index in [0.717, 1.165) is 12.8 Å². The molecule has 0 spiro atoms. The average molecular weight is 197 g/mol. The first-order valence-electron chi connectivity index (χ1n) is 4.05. The van der Waals surface area contributed by atoms with Crippen LogP contribution >= 0.6 is 18.5 Å². The summed E-state index contributed by atoms with van der Waals surface area (Å²) in [5.74, 6) is 0. The van der Waals surface area contributed by atoms with Crippen molar-refractivity contribution in [3.63, 3.8) is 0 Å². The zero-order valence-corrected chi connectivity index (χ0v) is 8.35. The molecule has 0 aliphatic heterocycles. The minimum Gasteiger partial charge on any atom is -0.0865 e. The molecule has 0 fully saturated rings. The highest BCUT2D eigenvalue weighted by Crippen LogP contribution is 2.60. The van der Waals surface area contributed by atoms with Crippen molar-refractivity contribution >= 4 is 18.5 Å². The van der Waals surface area contributed by atoms with E-state index in [1.54, 1.807) is 0 Å². The van der Waals surface area contributed by atoms with Crippen LogP contribution < -0.4 is 0 Å². The molecule has 12 heavy (non-hydrogen) atoms. The molecule has 2 rings (SSSR count). The lowest BCUT2D eigenvalue weighted by atomic mass is 10.5. The third-order valence-electron chi connectivity index (χ3n) is 2.01. The Labute approximate surface area is 78.8 Å². The van der Waals surface area contributed by atoms with Crippen LogP contribution in [0.3, 0.4) is 0 Å². The number of halogens is 1. The predicted molar refractivity (Wildman–Crippen MR) is 56.5 cm³/mol. The monoisotopic (exact) mass is 196 g/mol. The van der Waals surface area contributed by atoms with Crippen molar-refractivity contribution in [1.29, 1.82) is 0 Å². The zero-order chi connectivity index (χ0) is 8.39. The molecule has 0 saturated carbocycles. The molecule has 0 aromatic carbocycles. The van der Waals surface area contributed by atoms with Crippen LogP contribution in [0, 0.1) is 0 Å². The first kappa shape index (κ1) is 8.29. The van der Waals surface area contributed by atoms with Crippen LogP contribution in [-0.4, -0.2) is 0 Å². The Morgan fingerprint density at radius 2 is 1.50 bits per heavy atom. The molecule has 0 aromatic heterocycles. The molecule has 0 N–H and O–H groups in total. The van der Waals surface area contributed by atoms with E-state index in [9.17, 15) is 0 Å². The topological polar surface area (TPSA) is 0 Å². The van der Waals surface area contributed by atoms with E-state index in [1.807, 2.05) is 0 Å². The molecular weight excluding hydrogens is 187 g/mol. The highest BCUT2D eigenvalue weighted by molar-refractivity contribution is 7.90. The predicted octanol–water partition coefficient (Wildman–Crippen LogP) is 4.31. The summed E-state index contributed by atoms with van der Waals surface area (Å²) in [5, 5.41) is 2.78. The number of hydrogen-bond acceptors (Lipinski definition) is 0. The van der Waals surface area contributed by atoms with Crippen molar-refractivity contribution in [3.8, 4) is 0 Å². The standard InChI is InChI=1S/C10H10ClP/c11-12(9-5-1-2-6-9)10-7-3-4-8-10/h1-5,7H,6,8H2. The van der Waals surface area contributed by atoms with Crippen LogP contribution in [0.5, 0.6) is 0 Å². The van der Waals surface area contributed by atoms with Gasteiger partial charge in [-0.15, -0.1) is 0 Å². The quantitative estimate of drug-likeness (QED) is 0.578. The Bertz CT molecular complexity index is 267. The third kappa shape index (κ3) is 1.55. The van der Waals surface area contributed by atoms with Gasteiger partial charge in [-0.05, 0) is 23.5 Å².